The van der Waals surface area contributed by atoms with E-state index in [9.17, 15) is 31.8 Å². The number of sulfonamides is 1. The highest BCUT2D eigenvalue weighted by molar-refractivity contribution is 7.89. The van der Waals surface area contributed by atoms with Crippen molar-refractivity contribution in [2.24, 2.45) is 0 Å². The van der Waals surface area contributed by atoms with Crippen LogP contribution in [0.15, 0.2) is 12.7 Å². The molecule has 2 aromatic heterocycles. The number of hydrogen-bond acceptors (Lipinski definition) is 10. The van der Waals surface area contributed by atoms with E-state index in [-0.39, 0.29) is 29.3 Å². The first kappa shape index (κ1) is 22.6. The molecule has 0 amide bonds. The van der Waals surface area contributed by atoms with Gasteiger partial charge in [-0.15, -0.1) is 13.2 Å². The van der Waals surface area contributed by atoms with E-state index in [1.165, 1.54) is 17.9 Å². The monoisotopic (exact) mass is 456 g/mol. The summed E-state index contributed by atoms with van der Waals surface area (Å²) in [5.74, 6) is -0.0252. The maximum Gasteiger partial charge on any atom is 0.522 e. The number of aromatic nitrogens is 4. The first-order chi connectivity index (χ1) is 14.0. The minimum absolute atomic E-state index is 0.0142. The Labute approximate surface area is 168 Å². The fourth-order valence-corrected chi connectivity index (χ4v) is 3.42. The normalized spacial score (nSPS) is 25.1. The number of hydrogen-bond donors (Lipinski definition) is 4. The topological polar surface area (TPSA) is 161 Å². The average molecular weight is 456 g/mol. The molecule has 0 aromatic carbocycles. The highest BCUT2D eigenvalue weighted by Crippen LogP contribution is 2.33. The number of rotatable bonds is 8. The molecule has 4 atom stereocenters. The predicted molar refractivity (Wildman–Crippen MR) is 94.6 cm³/mol. The van der Waals surface area contributed by atoms with Gasteiger partial charge in [-0.05, 0) is 7.05 Å². The lowest BCUT2D eigenvalue weighted by atomic mass is 10.1. The first-order valence-corrected chi connectivity index (χ1v) is 10.2. The zero-order chi connectivity index (χ0) is 22.1. The van der Waals surface area contributed by atoms with Crippen molar-refractivity contribution in [3.8, 4) is 0 Å². The lowest BCUT2D eigenvalue weighted by Crippen LogP contribution is -2.35. The fourth-order valence-electron chi connectivity index (χ4n) is 2.85. The molecule has 0 aliphatic carbocycles. The van der Waals surface area contributed by atoms with E-state index in [0.717, 1.165) is 6.33 Å². The zero-order valence-electron chi connectivity index (χ0n) is 15.4. The van der Waals surface area contributed by atoms with E-state index in [0.29, 0.717) is 0 Å². The quantitative estimate of drug-likeness (QED) is 0.386. The maximum atomic E-state index is 12.3. The summed E-state index contributed by atoms with van der Waals surface area (Å²) in [5.41, 5.74) is 0.359. The number of aliphatic hydroxyl groups is 2. The van der Waals surface area contributed by atoms with Crippen LogP contribution in [0.3, 0.4) is 0 Å². The number of fused-ring (bicyclic) bond motifs is 1. The molecule has 168 valence electrons. The molecule has 0 spiro atoms. The van der Waals surface area contributed by atoms with E-state index >= 15 is 0 Å². The van der Waals surface area contributed by atoms with Crippen LogP contribution in [-0.4, -0.2) is 88.8 Å². The van der Waals surface area contributed by atoms with Crippen LogP contribution in [-0.2, 0) is 19.5 Å². The van der Waals surface area contributed by atoms with Gasteiger partial charge in [0.05, 0.1) is 18.7 Å². The molecule has 0 bridgehead atoms. The fraction of sp³-hybridized carbons (Fsp3) is 0.643. The maximum absolute atomic E-state index is 12.3. The Morgan fingerprint density at radius 2 is 2.00 bits per heavy atom. The van der Waals surface area contributed by atoms with E-state index in [1.807, 2.05) is 0 Å². The molecular weight excluding hydrogens is 437 g/mol. The molecule has 0 unspecified atom stereocenters. The Morgan fingerprint density at radius 1 is 1.27 bits per heavy atom. The number of nitrogens with one attached hydrogen (secondary N) is 2. The van der Waals surface area contributed by atoms with E-state index in [4.69, 9.17) is 4.74 Å². The second kappa shape index (κ2) is 8.56. The first-order valence-electron chi connectivity index (χ1n) is 8.57. The molecule has 1 aliphatic heterocycles. The van der Waals surface area contributed by atoms with Crippen LogP contribution in [0.4, 0.5) is 19.0 Å². The second-order valence-corrected chi connectivity index (χ2v) is 8.35. The van der Waals surface area contributed by atoms with E-state index < -0.39 is 47.5 Å². The van der Waals surface area contributed by atoms with Crippen LogP contribution in [0.2, 0.25) is 0 Å². The minimum atomic E-state index is -4.91. The molecule has 3 heterocycles. The third kappa shape index (κ3) is 4.96. The van der Waals surface area contributed by atoms with Gasteiger partial charge in [0.1, 0.15) is 24.6 Å². The molecule has 30 heavy (non-hydrogen) atoms. The van der Waals surface area contributed by atoms with Crippen LogP contribution in [0.25, 0.3) is 11.2 Å². The molecule has 3 rings (SSSR count). The standard InChI is InChI=1S/C14H19F3N6O6S/c1-18-30(26,27)3-2-19-11-8-12(21-5-20-11)23(6-22-8)13-10(25)9(24)7(29-13)4-28-14(15,16)17/h5-7,9-10,13,18,24-25H,2-4H2,1H3,(H,19,20,21)/t7-,9-,10-,13-/m1/s1. The zero-order valence-corrected chi connectivity index (χ0v) is 16.3. The van der Waals surface area contributed by atoms with Gasteiger partial charge >= 0.3 is 6.36 Å². The minimum Gasteiger partial charge on any atom is -0.387 e. The van der Waals surface area contributed by atoms with Crippen molar-refractivity contribution in [2.75, 3.05) is 31.3 Å². The van der Waals surface area contributed by atoms with Gasteiger partial charge in [-0.3, -0.25) is 9.30 Å². The Balaban J connectivity index is 1.77. The number of ether oxygens (including phenoxy) is 2. The Bertz CT molecular complexity index is 986. The molecule has 1 fully saturated rings. The number of halogens is 3. The van der Waals surface area contributed by atoms with Gasteiger partial charge in [0.2, 0.25) is 10.0 Å². The van der Waals surface area contributed by atoms with Crippen molar-refractivity contribution in [3.63, 3.8) is 0 Å². The number of anilines is 1. The lowest BCUT2D eigenvalue weighted by molar-refractivity contribution is -0.333. The van der Waals surface area contributed by atoms with E-state index in [1.54, 1.807) is 0 Å². The molecule has 2 aromatic rings. The molecular formula is C14H19F3N6O6S. The molecule has 0 saturated carbocycles. The van der Waals surface area contributed by atoms with E-state index in [2.05, 4.69) is 29.7 Å². The summed E-state index contributed by atoms with van der Waals surface area (Å²) in [6, 6.07) is 0. The summed E-state index contributed by atoms with van der Waals surface area (Å²) in [4.78, 5) is 12.1. The summed E-state index contributed by atoms with van der Waals surface area (Å²) in [7, 11) is -2.15. The smallest absolute Gasteiger partial charge is 0.387 e. The summed E-state index contributed by atoms with van der Waals surface area (Å²) in [6.45, 7) is -0.993. The van der Waals surface area contributed by atoms with Gasteiger partial charge in [-0.2, -0.15) is 0 Å². The van der Waals surface area contributed by atoms with Crippen molar-refractivity contribution in [2.45, 2.75) is 30.9 Å². The Morgan fingerprint density at radius 3 is 2.67 bits per heavy atom. The SMILES string of the molecule is CNS(=O)(=O)CCNc1ncnc2c1ncn2[C@@H]1O[C@H](COC(F)(F)F)[C@@H](O)[C@H]1O. The number of alkyl halides is 3. The van der Waals surface area contributed by atoms with Gasteiger partial charge in [0, 0.05) is 6.54 Å². The summed E-state index contributed by atoms with van der Waals surface area (Å²) >= 11 is 0. The molecule has 1 aliphatic rings. The van der Waals surface area contributed by atoms with Crippen molar-refractivity contribution in [1.29, 1.82) is 0 Å². The number of aliphatic hydroxyl groups excluding tert-OH is 2. The average Bonchev–Trinajstić information content (AvgIpc) is 3.22. The summed E-state index contributed by atoms with van der Waals surface area (Å²) in [5, 5.41) is 23.0. The Kier molecular flexibility index (Phi) is 6.44. The summed E-state index contributed by atoms with van der Waals surface area (Å²) < 4.78 is 72.2. The van der Waals surface area contributed by atoms with Gasteiger partial charge in [0.15, 0.2) is 23.2 Å². The van der Waals surface area contributed by atoms with Crippen molar-refractivity contribution >= 4 is 27.0 Å². The molecule has 16 heteroatoms. The van der Waals surface area contributed by atoms with Crippen molar-refractivity contribution in [1.82, 2.24) is 24.2 Å². The van der Waals surface area contributed by atoms with Gasteiger partial charge in [-0.1, -0.05) is 0 Å². The number of imidazole rings is 1. The van der Waals surface area contributed by atoms with Gasteiger partial charge in [0.25, 0.3) is 0 Å². The third-order valence-electron chi connectivity index (χ3n) is 4.36. The van der Waals surface area contributed by atoms with Gasteiger partial charge in [-0.25, -0.2) is 28.1 Å². The number of nitrogens with zero attached hydrogens (tertiary/aromatic N) is 4. The van der Waals surface area contributed by atoms with Crippen LogP contribution in [0, 0.1) is 0 Å². The molecule has 4 N–H and O–H groups in total. The van der Waals surface area contributed by atoms with Crippen LogP contribution < -0.4 is 10.0 Å². The third-order valence-corrected chi connectivity index (χ3v) is 5.72. The molecule has 1 saturated heterocycles. The molecule has 0 radical (unpaired) electrons. The van der Waals surface area contributed by atoms with Crippen molar-refractivity contribution < 1.29 is 41.3 Å². The van der Waals surface area contributed by atoms with Crippen LogP contribution in [0.1, 0.15) is 6.23 Å². The van der Waals surface area contributed by atoms with Crippen molar-refractivity contribution in [3.05, 3.63) is 12.7 Å². The van der Waals surface area contributed by atoms with Crippen LogP contribution in [0.5, 0.6) is 0 Å². The lowest BCUT2D eigenvalue weighted by Gasteiger charge is -2.16. The highest BCUT2D eigenvalue weighted by Gasteiger charge is 2.46. The predicted octanol–water partition coefficient (Wildman–Crippen LogP) is -1.06. The van der Waals surface area contributed by atoms with Crippen LogP contribution >= 0.6 is 0 Å². The Hall–Kier alpha value is -2.11. The van der Waals surface area contributed by atoms with Gasteiger partial charge < -0.3 is 20.3 Å². The second-order valence-electron chi connectivity index (χ2n) is 6.30. The summed E-state index contributed by atoms with van der Waals surface area (Å²) in [6.07, 6.45) is -8.48. The molecule has 12 nitrogen and oxygen atoms in total. The largest absolute Gasteiger partial charge is 0.522 e. The highest BCUT2D eigenvalue weighted by atomic mass is 32.2.